The first-order valence-electron chi connectivity index (χ1n) is 11.5. The summed E-state index contributed by atoms with van der Waals surface area (Å²) >= 11 is 4.64. The number of amides is 3. The summed E-state index contributed by atoms with van der Waals surface area (Å²) in [5.41, 5.74) is 7.92. The van der Waals surface area contributed by atoms with Crippen LogP contribution in [0.25, 0.3) is 0 Å². The Balaban J connectivity index is 1.37. The maximum Gasteiger partial charge on any atom is 0.413 e. The molecule has 3 amide bonds. The third-order valence-electron chi connectivity index (χ3n) is 6.32. The van der Waals surface area contributed by atoms with Gasteiger partial charge in [0.05, 0.1) is 9.83 Å². The molecule has 0 bridgehead atoms. The first-order valence-corrected chi connectivity index (χ1v) is 13.1. The highest BCUT2D eigenvalue weighted by atomic mass is 79.9. The van der Waals surface area contributed by atoms with E-state index in [2.05, 4.69) is 21.2 Å². The molecule has 0 saturated carbocycles. The minimum Gasteiger partial charge on any atom is -0.399 e. The molecule has 2 saturated heterocycles. The largest absolute Gasteiger partial charge is 0.413 e. The molecule has 0 radical (unpaired) electrons. The molecule has 2 aliphatic heterocycles. The van der Waals surface area contributed by atoms with Crippen molar-refractivity contribution < 1.29 is 19.1 Å². The van der Waals surface area contributed by atoms with Gasteiger partial charge in [-0.1, -0.05) is 11.3 Å². The molecular formula is C24H29BrN4O4S. The summed E-state index contributed by atoms with van der Waals surface area (Å²) in [6.45, 7) is 4.39. The minimum atomic E-state index is -0.583. The van der Waals surface area contributed by atoms with Crippen LogP contribution >= 0.6 is 27.3 Å². The van der Waals surface area contributed by atoms with E-state index in [9.17, 15) is 14.4 Å². The molecule has 2 aliphatic rings. The van der Waals surface area contributed by atoms with Crippen molar-refractivity contribution in [2.24, 2.45) is 11.7 Å². The molecule has 0 aliphatic carbocycles. The number of rotatable bonds is 6. The average molecular weight is 549 g/mol. The van der Waals surface area contributed by atoms with Gasteiger partial charge in [-0.05, 0) is 90.5 Å². The maximum absolute atomic E-state index is 13.1. The molecule has 1 aromatic carbocycles. The highest BCUT2D eigenvalue weighted by Gasteiger charge is 2.33. The van der Waals surface area contributed by atoms with Crippen LogP contribution in [0, 0.1) is 12.8 Å². The van der Waals surface area contributed by atoms with Crippen molar-refractivity contribution in [3.05, 3.63) is 45.2 Å². The number of hydrogen-bond donors (Lipinski definition) is 2. The van der Waals surface area contributed by atoms with E-state index >= 15 is 0 Å². The molecule has 4 rings (SSSR count). The molecule has 2 fully saturated rings. The van der Waals surface area contributed by atoms with Gasteiger partial charge in [0.25, 0.3) is 5.91 Å². The zero-order valence-electron chi connectivity index (χ0n) is 19.1. The van der Waals surface area contributed by atoms with Gasteiger partial charge in [0.15, 0.2) is 5.06 Å². The summed E-state index contributed by atoms with van der Waals surface area (Å²) in [7, 11) is 0. The predicted octanol–water partition coefficient (Wildman–Crippen LogP) is 3.91. The molecule has 182 valence electrons. The Bertz CT molecular complexity index is 1070. The molecule has 8 nitrogen and oxygen atoms in total. The number of carbonyl (C=O) groups is 3. The van der Waals surface area contributed by atoms with Crippen LogP contribution < -0.4 is 20.7 Å². The number of ether oxygens (including phenoxy) is 1. The number of anilines is 1. The number of nitrogens with zero attached hydrogens (tertiary/aromatic N) is 2. The lowest BCUT2D eigenvalue weighted by Gasteiger charge is -2.33. The van der Waals surface area contributed by atoms with Gasteiger partial charge in [-0.15, -0.1) is 0 Å². The van der Waals surface area contributed by atoms with Gasteiger partial charge < -0.3 is 25.6 Å². The fraction of sp³-hybridized carbons (Fsp3) is 0.458. The van der Waals surface area contributed by atoms with Crippen molar-refractivity contribution in [3.63, 3.8) is 0 Å². The molecule has 34 heavy (non-hydrogen) atoms. The summed E-state index contributed by atoms with van der Waals surface area (Å²) < 4.78 is 6.14. The van der Waals surface area contributed by atoms with Gasteiger partial charge in [-0.2, -0.15) is 0 Å². The Hall–Kier alpha value is -2.43. The van der Waals surface area contributed by atoms with Crippen LogP contribution in [0.4, 0.5) is 10.5 Å². The van der Waals surface area contributed by atoms with Crippen LogP contribution in [-0.4, -0.2) is 55.0 Å². The van der Waals surface area contributed by atoms with Gasteiger partial charge in [0.1, 0.15) is 0 Å². The van der Waals surface area contributed by atoms with Crippen LogP contribution in [-0.2, 0) is 4.79 Å². The van der Waals surface area contributed by atoms with Gasteiger partial charge in [0, 0.05) is 37.3 Å². The molecular weight excluding hydrogens is 520 g/mol. The second-order valence-corrected chi connectivity index (χ2v) is 11.3. The normalized spacial score (nSPS) is 20.5. The lowest BCUT2D eigenvalue weighted by Crippen LogP contribution is -2.40. The molecule has 2 unspecified atom stereocenters. The van der Waals surface area contributed by atoms with Gasteiger partial charge in [-0.3, -0.25) is 9.59 Å². The smallest absolute Gasteiger partial charge is 0.399 e. The van der Waals surface area contributed by atoms with E-state index < -0.39 is 6.09 Å². The predicted molar refractivity (Wildman–Crippen MR) is 135 cm³/mol. The quantitative estimate of drug-likeness (QED) is 0.569. The van der Waals surface area contributed by atoms with Crippen molar-refractivity contribution >= 4 is 50.9 Å². The number of halogens is 1. The number of carbonyl (C=O) groups excluding carboxylic acids is 3. The second kappa shape index (κ2) is 10.9. The number of nitrogens with two attached hydrogens (primary N) is 1. The number of thiophene rings is 1. The first kappa shape index (κ1) is 24.7. The third-order valence-corrected chi connectivity index (χ3v) is 7.82. The second-order valence-electron chi connectivity index (χ2n) is 8.83. The monoisotopic (exact) mass is 548 g/mol. The Kier molecular flexibility index (Phi) is 7.90. The average Bonchev–Trinajstić information content (AvgIpc) is 3.38. The number of likely N-dealkylation sites (tertiary alicyclic amines) is 1. The molecule has 3 heterocycles. The SMILES string of the molecule is Cc1cc(N2CC(NC(=O)Oc3ccc(Br)s3)CC2=O)ccc1C(=O)N1CCCC(CCN)C1. The topological polar surface area (TPSA) is 105 Å². The molecule has 1 aromatic heterocycles. The number of piperidine rings is 1. The van der Waals surface area contributed by atoms with Crippen molar-refractivity contribution in [2.75, 3.05) is 31.1 Å². The van der Waals surface area contributed by atoms with Crippen LogP contribution in [0.1, 0.15) is 41.6 Å². The van der Waals surface area contributed by atoms with Crippen molar-refractivity contribution in [2.45, 2.75) is 38.6 Å². The van der Waals surface area contributed by atoms with Crippen molar-refractivity contribution in [1.82, 2.24) is 10.2 Å². The highest BCUT2D eigenvalue weighted by molar-refractivity contribution is 9.11. The van der Waals surface area contributed by atoms with Crippen LogP contribution in [0.3, 0.4) is 0 Å². The van der Waals surface area contributed by atoms with E-state index in [-0.39, 0.29) is 24.3 Å². The summed E-state index contributed by atoms with van der Waals surface area (Å²) in [6.07, 6.45) is 2.66. The number of benzene rings is 1. The van der Waals surface area contributed by atoms with E-state index in [4.69, 9.17) is 10.5 Å². The standard InChI is InChI=1S/C24H29BrN4O4S/c1-15-11-18(4-5-19(15)23(31)28-10-2-3-16(13-28)8-9-26)29-14-17(12-21(29)30)27-24(32)33-22-7-6-20(25)34-22/h4-7,11,16-17H,2-3,8-10,12-14,26H2,1H3,(H,27,32). The van der Waals surface area contributed by atoms with Crippen molar-refractivity contribution in [1.29, 1.82) is 0 Å². The summed E-state index contributed by atoms with van der Waals surface area (Å²) in [5.74, 6) is 0.409. The molecule has 0 spiro atoms. The Morgan fingerprint density at radius 2 is 2.09 bits per heavy atom. The Morgan fingerprint density at radius 3 is 2.79 bits per heavy atom. The fourth-order valence-corrected chi connectivity index (χ4v) is 5.83. The highest BCUT2D eigenvalue weighted by Crippen LogP contribution is 2.29. The Labute approximate surface area is 211 Å². The zero-order chi connectivity index (χ0) is 24.2. The Morgan fingerprint density at radius 1 is 1.26 bits per heavy atom. The van der Waals surface area contributed by atoms with Gasteiger partial charge >= 0.3 is 6.09 Å². The van der Waals surface area contributed by atoms with E-state index in [0.717, 1.165) is 47.4 Å². The number of hydrogen-bond acceptors (Lipinski definition) is 6. The van der Waals surface area contributed by atoms with Crippen LogP contribution in [0.2, 0.25) is 0 Å². The molecule has 2 aromatic rings. The maximum atomic E-state index is 13.1. The summed E-state index contributed by atoms with van der Waals surface area (Å²) in [4.78, 5) is 41.6. The van der Waals surface area contributed by atoms with E-state index in [1.54, 1.807) is 23.1 Å². The van der Waals surface area contributed by atoms with Gasteiger partial charge in [0.2, 0.25) is 5.91 Å². The van der Waals surface area contributed by atoms with Crippen LogP contribution in [0.5, 0.6) is 5.06 Å². The zero-order valence-corrected chi connectivity index (χ0v) is 21.5. The van der Waals surface area contributed by atoms with Crippen LogP contribution in [0.15, 0.2) is 34.1 Å². The van der Waals surface area contributed by atoms with E-state index in [1.807, 2.05) is 24.0 Å². The third kappa shape index (κ3) is 5.79. The van der Waals surface area contributed by atoms with E-state index in [0.29, 0.717) is 29.6 Å². The first-order chi connectivity index (χ1) is 16.3. The molecule has 3 N–H and O–H groups in total. The van der Waals surface area contributed by atoms with E-state index in [1.165, 1.54) is 11.3 Å². The van der Waals surface area contributed by atoms with Crippen molar-refractivity contribution in [3.8, 4) is 5.06 Å². The number of nitrogens with one attached hydrogen (secondary N) is 1. The molecule has 10 heteroatoms. The molecule has 2 atom stereocenters. The number of aryl methyl sites for hydroxylation is 1. The minimum absolute atomic E-state index is 0.0287. The summed E-state index contributed by atoms with van der Waals surface area (Å²) in [5, 5.41) is 3.24. The summed E-state index contributed by atoms with van der Waals surface area (Å²) in [6, 6.07) is 8.64. The lowest BCUT2D eigenvalue weighted by molar-refractivity contribution is -0.117. The fourth-order valence-electron chi connectivity index (χ4n) is 4.64. The lowest BCUT2D eigenvalue weighted by atomic mass is 9.94. The van der Waals surface area contributed by atoms with Gasteiger partial charge in [-0.25, -0.2) is 4.79 Å².